The van der Waals surface area contributed by atoms with Crippen LogP contribution in [-0.2, 0) is 22.2 Å². The van der Waals surface area contributed by atoms with Gasteiger partial charge in [-0.05, 0) is 48.2 Å². The highest BCUT2D eigenvalue weighted by molar-refractivity contribution is 7.88. The lowest BCUT2D eigenvalue weighted by Gasteiger charge is -2.34. The first-order chi connectivity index (χ1) is 11.4. The third-order valence-electron chi connectivity index (χ3n) is 4.49. The fourth-order valence-corrected chi connectivity index (χ4v) is 5.24. The van der Waals surface area contributed by atoms with Gasteiger partial charge in [-0.1, -0.05) is 35.9 Å². The Morgan fingerprint density at radius 2 is 2.00 bits per heavy atom. The number of benzene rings is 2. The molecule has 0 spiro atoms. The van der Waals surface area contributed by atoms with Crippen molar-refractivity contribution in [1.29, 1.82) is 0 Å². The lowest BCUT2D eigenvalue weighted by Crippen LogP contribution is -2.39. The molecule has 0 N–H and O–H groups in total. The first kappa shape index (κ1) is 17.3. The molecule has 1 aliphatic rings. The zero-order chi connectivity index (χ0) is 17.3. The molecule has 6 heteroatoms. The van der Waals surface area contributed by atoms with Gasteiger partial charge in [0.1, 0.15) is 5.75 Å². The maximum absolute atomic E-state index is 12.9. The maximum Gasteiger partial charge on any atom is 0.218 e. The minimum Gasteiger partial charge on any atom is -0.497 e. The van der Waals surface area contributed by atoms with Gasteiger partial charge < -0.3 is 4.74 Å². The molecule has 2 aromatic rings. The Morgan fingerprint density at radius 1 is 1.25 bits per heavy atom. The molecule has 1 heterocycles. The van der Waals surface area contributed by atoms with Gasteiger partial charge in [0.15, 0.2) is 0 Å². The fourth-order valence-electron chi connectivity index (χ4n) is 3.19. The summed E-state index contributed by atoms with van der Waals surface area (Å²) in [5.74, 6) is 0.719. The Hall–Kier alpha value is -1.56. The standard InChI is InChI=1S/C18H20ClNO3S/c1-13-17-8-7-16(23-2)11-14(17)9-10-20(13)24(21,22)12-15-5-3-4-6-18(15)19/h3-8,11,13H,9-10,12H2,1-2H3. The lowest BCUT2D eigenvalue weighted by molar-refractivity contribution is 0.325. The van der Waals surface area contributed by atoms with E-state index in [1.807, 2.05) is 25.1 Å². The minimum atomic E-state index is -3.45. The Bertz CT molecular complexity index is 851. The zero-order valence-electron chi connectivity index (χ0n) is 13.7. The Balaban J connectivity index is 1.88. The van der Waals surface area contributed by atoms with Crippen molar-refractivity contribution in [3.8, 4) is 5.75 Å². The first-order valence-electron chi connectivity index (χ1n) is 7.82. The second-order valence-electron chi connectivity index (χ2n) is 5.95. The van der Waals surface area contributed by atoms with Crippen molar-refractivity contribution < 1.29 is 13.2 Å². The molecule has 0 radical (unpaired) electrons. The van der Waals surface area contributed by atoms with Crippen LogP contribution in [0.1, 0.15) is 29.7 Å². The summed E-state index contributed by atoms with van der Waals surface area (Å²) < 4.78 is 32.6. The summed E-state index contributed by atoms with van der Waals surface area (Å²) in [4.78, 5) is 0. The minimum absolute atomic E-state index is 0.0809. The molecule has 0 aliphatic carbocycles. The second-order valence-corrected chi connectivity index (χ2v) is 8.28. The normalized spacial score (nSPS) is 18.2. The van der Waals surface area contributed by atoms with Crippen LogP contribution in [0.4, 0.5) is 0 Å². The predicted octanol–water partition coefficient (Wildman–Crippen LogP) is 3.80. The molecule has 0 bridgehead atoms. The summed E-state index contributed by atoms with van der Waals surface area (Å²) in [6.45, 7) is 2.39. The van der Waals surface area contributed by atoms with Gasteiger partial charge in [-0.25, -0.2) is 8.42 Å². The fraction of sp³-hybridized carbons (Fsp3) is 0.333. The summed E-state index contributed by atoms with van der Waals surface area (Å²) in [5, 5.41) is 0.482. The molecule has 0 aromatic heterocycles. The summed E-state index contributed by atoms with van der Waals surface area (Å²) in [6.07, 6.45) is 0.679. The Morgan fingerprint density at radius 3 is 2.71 bits per heavy atom. The van der Waals surface area contributed by atoms with E-state index in [1.54, 1.807) is 35.7 Å². The molecule has 1 unspecified atom stereocenters. The second kappa shape index (κ2) is 6.75. The summed E-state index contributed by atoms with van der Waals surface area (Å²) in [5.41, 5.74) is 2.81. The SMILES string of the molecule is COc1ccc2c(c1)CCN(S(=O)(=O)Cc1ccccc1Cl)C2C. The lowest BCUT2D eigenvalue weighted by atomic mass is 9.95. The molecule has 0 fully saturated rings. The number of ether oxygens (including phenoxy) is 1. The Labute approximate surface area is 148 Å². The van der Waals surface area contributed by atoms with E-state index >= 15 is 0 Å². The van der Waals surface area contributed by atoms with E-state index < -0.39 is 10.0 Å². The van der Waals surface area contributed by atoms with Crippen LogP contribution < -0.4 is 4.74 Å². The van der Waals surface area contributed by atoms with Crippen molar-refractivity contribution in [3.05, 3.63) is 64.2 Å². The molecule has 24 heavy (non-hydrogen) atoms. The third kappa shape index (κ3) is 3.29. The number of rotatable bonds is 4. The average molecular weight is 366 g/mol. The molecule has 0 saturated carbocycles. The van der Waals surface area contributed by atoms with E-state index in [1.165, 1.54) is 0 Å². The number of hydrogen-bond donors (Lipinski definition) is 0. The van der Waals surface area contributed by atoms with Crippen molar-refractivity contribution in [2.24, 2.45) is 0 Å². The van der Waals surface area contributed by atoms with E-state index in [9.17, 15) is 8.42 Å². The van der Waals surface area contributed by atoms with Crippen LogP contribution in [0.15, 0.2) is 42.5 Å². The van der Waals surface area contributed by atoms with Crippen LogP contribution in [0.2, 0.25) is 5.02 Å². The summed E-state index contributed by atoms with van der Waals surface area (Å²) in [7, 11) is -1.82. The molecule has 1 aliphatic heterocycles. The molecule has 0 saturated heterocycles. The molecule has 0 amide bonds. The zero-order valence-corrected chi connectivity index (χ0v) is 15.3. The first-order valence-corrected chi connectivity index (χ1v) is 9.81. The van der Waals surface area contributed by atoms with Gasteiger partial charge in [-0.3, -0.25) is 0 Å². The topological polar surface area (TPSA) is 46.6 Å². The van der Waals surface area contributed by atoms with Gasteiger partial charge in [0.2, 0.25) is 10.0 Å². The molecule has 128 valence electrons. The number of fused-ring (bicyclic) bond motifs is 1. The largest absolute Gasteiger partial charge is 0.497 e. The van der Waals surface area contributed by atoms with Crippen LogP contribution >= 0.6 is 11.6 Å². The van der Waals surface area contributed by atoms with E-state index in [0.29, 0.717) is 23.6 Å². The highest BCUT2D eigenvalue weighted by Crippen LogP contribution is 2.34. The monoisotopic (exact) mass is 365 g/mol. The smallest absolute Gasteiger partial charge is 0.218 e. The number of hydrogen-bond acceptors (Lipinski definition) is 3. The molecular formula is C18H20ClNO3S. The molecule has 2 aromatic carbocycles. The van der Waals surface area contributed by atoms with E-state index in [2.05, 4.69) is 0 Å². The van der Waals surface area contributed by atoms with Crippen LogP contribution in [0.3, 0.4) is 0 Å². The van der Waals surface area contributed by atoms with Gasteiger partial charge in [0, 0.05) is 17.6 Å². The van der Waals surface area contributed by atoms with Gasteiger partial charge in [0.05, 0.1) is 12.9 Å². The van der Waals surface area contributed by atoms with Gasteiger partial charge >= 0.3 is 0 Å². The maximum atomic E-state index is 12.9. The molecule has 4 nitrogen and oxygen atoms in total. The van der Waals surface area contributed by atoms with Crippen LogP contribution in [0, 0.1) is 0 Å². The van der Waals surface area contributed by atoms with Crippen molar-refractivity contribution in [1.82, 2.24) is 4.31 Å². The van der Waals surface area contributed by atoms with Gasteiger partial charge in [0.25, 0.3) is 0 Å². The van der Waals surface area contributed by atoms with Crippen molar-refractivity contribution in [2.75, 3.05) is 13.7 Å². The average Bonchev–Trinajstić information content (AvgIpc) is 2.56. The van der Waals surface area contributed by atoms with Gasteiger partial charge in [-0.2, -0.15) is 4.31 Å². The van der Waals surface area contributed by atoms with Crippen molar-refractivity contribution >= 4 is 21.6 Å². The van der Waals surface area contributed by atoms with Crippen molar-refractivity contribution in [3.63, 3.8) is 0 Å². The van der Waals surface area contributed by atoms with Crippen LogP contribution in [-0.4, -0.2) is 26.4 Å². The highest BCUT2D eigenvalue weighted by Gasteiger charge is 2.33. The van der Waals surface area contributed by atoms with E-state index in [4.69, 9.17) is 16.3 Å². The molecule has 1 atom stereocenters. The number of halogens is 1. The third-order valence-corrected chi connectivity index (χ3v) is 6.74. The highest BCUT2D eigenvalue weighted by atomic mass is 35.5. The van der Waals surface area contributed by atoms with Crippen LogP contribution in [0.5, 0.6) is 5.75 Å². The molecule has 3 rings (SSSR count). The predicted molar refractivity (Wildman–Crippen MR) is 95.9 cm³/mol. The molecular weight excluding hydrogens is 346 g/mol. The van der Waals surface area contributed by atoms with E-state index in [-0.39, 0.29) is 11.8 Å². The summed E-state index contributed by atoms with van der Waals surface area (Å²) >= 11 is 6.12. The number of nitrogens with zero attached hydrogens (tertiary/aromatic N) is 1. The Kier molecular flexibility index (Phi) is 4.85. The summed E-state index contributed by atoms with van der Waals surface area (Å²) in [6, 6.07) is 12.7. The number of sulfonamides is 1. The van der Waals surface area contributed by atoms with Crippen molar-refractivity contribution in [2.45, 2.75) is 25.1 Å². The van der Waals surface area contributed by atoms with Crippen LogP contribution in [0.25, 0.3) is 0 Å². The quantitative estimate of drug-likeness (QED) is 0.828. The number of methoxy groups -OCH3 is 1. The van der Waals surface area contributed by atoms with E-state index in [0.717, 1.165) is 16.9 Å². The van der Waals surface area contributed by atoms with Gasteiger partial charge in [-0.15, -0.1) is 0 Å².